The maximum absolute atomic E-state index is 13.2. The average molecular weight is 320 g/mol. The van der Waals surface area contributed by atoms with E-state index in [0.29, 0.717) is 5.75 Å². The Morgan fingerprint density at radius 2 is 2.05 bits per heavy atom. The van der Waals surface area contributed by atoms with Crippen LogP contribution >= 0.6 is 11.8 Å². The quantitative estimate of drug-likeness (QED) is 0.840. The third kappa shape index (κ3) is 4.24. The van der Waals surface area contributed by atoms with E-state index in [2.05, 4.69) is 0 Å². The van der Waals surface area contributed by atoms with Gasteiger partial charge < -0.3 is 5.73 Å². The highest BCUT2D eigenvalue weighted by Gasteiger charge is 2.50. The second-order valence-electron chi connectivity index (χ2n) is 4.66. The lowest BCUT2D eigenvalue weighted by Gasteiger charge is -2.42. The first-order chi connectivity index (χ1) is 8.59. The molecule has 0 aromatic heterocycles. The lowest BCUT2D eigenvalue weighted by atomic mass is 10.0. The first-order valence-corrected chi connectivity index (χ1v) is 9.04. The van der Waals surface area contributed by atoms with Crippen molar-refractivity contribution in [2.75, 3.05) is 24.3 Å². The van der Waals surface area contributed by atoms with Crippen molar-refractivity contribution in [1.82, 2.24) is 4.90 Å². The molecule has 114 valence electrons. The SMILES string of the molecule is CCC(N)C(N1CCSCC1S(C)(=O)=O)C(F)(F)F. The molecule has 9 heteroatoms. The van der Waals surface area contributed by atoms with Gasteiger partial charge in [-0.15, -0.1) is 0 Å². The van der Waals surface area contributed by atoms with Crippen LogP contribution in [-0.2, 0) is 9.84 Å². The maximum Gasteiger partial charge on any atom is 0.405 e. The fraction of sp³-hybridized carbons (Fsp3) is 1.00. The summed E-state index contributed by atoms with van der Waals surface area (Å²) in [6.07, 6.45) is -3.41. The van der Waals surface area contributed by atoms with Crippen LogP contribution in [0.5, 0.6) is 0 Å². The lowest BCUT2D eigenvalue weighted by molar-refractivity contribution is -0.190. The predicted molar refractivity (Wildman–Crippen MR) is 70.8 cm³/mol. The number of hydrogen-bond donors (Lipinski definition) is 1. The van der Waals surface area contributed by atoms with Gasteiger partial charge in [-0.05, 0) is 6.42 Å². The number of rotatable bonds is 4. The standard InChI is InChI=1S/C10H19F3N2O2S2/c1-3-7(14)9(10(11,12)13)15-4-5-18-6-8(15)19(2,16)17/h7-9H,3-6,14H2,1-2H3. The fourth-order valence-electron chi connectivity index (χ4n) is 2.18. The van der Waals surface area contributed by atoms with Gasteiger partial charge in [0, 0.05) is 30.3 Å². The van der Waals surface area contributed by atoms with Gasteiger partial charge in [-0.1, -0.05) is 6.92 Å². The van der Waals surface area contributed by atoms with E-state index in [9.17, 15) is 21.6 Å². The smallest absolute Gasteiger partial charge is 0.326 e. The highest BCUT2D eigenvalue weighted by molar-refractivity contribution is 8.00. The maximum atomic E-state index is 13.2. The molecule has 1 rings (SSSR count). The molecule has 0 saturated carbocycles. The minimum absolute atomic E-state index is 0.0836. The molecule has 1 aliphatic heterocycles. The number of thioether (sulfide) groups is 1. The summed E-state index contributed by atoms with van der Waals surface area (Å²) in [7, 11) is -3.57. The summed E-state index contributed by atoms with van der Waals surface area (Å²) < 4.78 is 62.9. The Labute approximate surface area is 115 Å². The molecule has 0 aliphatic carbocycles. The monoisotopic (exact) mass is 320 g/mol. The van der Waals surface area contributed by atoms with E-state index in [-0.39, 0.29) is 18.7 Å². The molecular weight excluding hydrogens is 301 g/mol. The summed E-state index contributed by atoms with van der Waals surface area (Å²) in [5.41, 5.74) is 5.58. The van der Waals surface area contributed by atoms with Crippen LogP contribution in [0.3, 0.4) is 0 Å². The van der Waals surface area contributed by atoms with Crippen molar-refractivity contribution in [3.05, 3.63) is 0 Å². The van der Waals surface area contributed by atoms with Crippen LogP contribution in [0.2, 0.25) is 0 Å². The van der Waals surface area contributed by atoms with Crippen molar-refractivity contribution in [3.8, 4) is 0 Å². The van der Waals surface area contributed by atoms with Crippen LogP contribution in [0, 0.1) is 0 Å². The third-order valence-electron chi connectivity index (χ3n) is 3.19. The molecule has 1 heterocycles. The zero-order valence-corrected chi connectivity index (χ0v) is 12.5. The summed E-state index contributed by atoms with van der Waals surface area (Å²) in [6, 6.07) is -3.02. The minimum atomic E-state index is -4.53. The number of alkyl halides is 3. The van der Waals surface area contributed by atoms with E-state index < -0.39 is 33.5 Å². The summed E-state index contributed by atoms with van der Waals surface area (Å²) in [4.78, 5) is 1.01. The molecule has 4 nitrogen and oxygen atoms in total. The summed E-state index contributed by atoms with van der Waals surface area (Å²) in [5, 5.41) is -1.12. The molecule has 1 saturated heterocycles. The summed E-state index contributed by atoms with van der Waals surface area (Å²) in [6.45, 7) is 1.65. The topological polar surface area (TPSA) is 63.4 Å². The number of nitrogens with zero attached hydrogens (tertiary/aromatic N) is 1. The first-order valence-electron chi connectivity index (χ1n) is 5.93. The van der Waals surface area contributed by atoms with Crippen LogP contribution in [0.25, 0.3) is 0 Å². The van der Waals surface area contributed by atoms with Crippen molar-refractivity contribution < 1.29 is 21.6 Å². The molecule has 0 bridgehead atoms. The number of sulfone groups is 1. The minimum Gasteiger partial charge on any atom is -0.326 e. The second kappa shape index (κ2) is 6.19. The molecule has 0 aromatic rings. The van der Waals surface area contributed by atoms with Crippen LogP contribution in [-0.4, -0.2) is 61.3 Å². The average Bonchev–Trinajstić information content (AvgIpc) is 2.26. The van der Waals surface area contributed by atoms with Crippen molar-refractivity contribution in [3.63, 3.8) is 0 Å². The van der Waals surface area contributed by atoms with Gasteiger partial charge in [0.25, 0.3) is 0 Å². The molecule has 1 aliphatic rings. The largest absolute Gasteiger partial charge is 0.405 e. The van der Waals surface area contributed by atoms with E-state index in [1.54, 1.807) is 6.92 Å². The molecule has 3 unspecified atom stereocenters. The van der Waals surface area contributed by atoms with Gasteiger partial charge in [0.15, 0.2) is 9.84 Å². The Balaban J connectivity index is 3.11. The van der Waals surface area contributed by atoms with Crippen molar-refractivity contribution in [2.24, 2.45) is 5.73 Å². The van der Waals surface area contributed by atoms with Gasteiger partial charge in [0.1, 0.15) is 11.4 Å². The van der Waals surface area contributed by atoms with Gasteiger partial charge in [-0.2, -0.15) is 24.9 Å². The third-order valence-corrected chi connectivity index (χ3v) is 5.85. The van der Waals surface area contributed by atoms with Crippen LogP contribution in [0.15, 0.2) is 0 Å². The van der Waals surface area contributed by atoms with Gasteiger partial charge >= 0.3 is 6.18 Å². The van der Waals surface area contributed by atoms with Gasteiger partial charge in [0.2, 0.25) is 0 Å². The van der Waals surface area contributed by atoms with Crippen LogP contribution < -0.4 is 5.73 Å². The molecule has 2 N–H and O–H groups in total. The number of nitrogens with two attached hydrogens (primary N) is 1. The van der Waals surface area contributed by atoms with Gasteiger partial charge in [0.05, 0.1) is 0 Å². The molecule has 3 atom stereocenters. The molecule has 1 fully saturated rings. The van der Waals surface area contributed by atoms with Crippen molar-refractivity contribution in [2.45, 2.75) is 37.0 Å². The number of halogens is 3. The van der Waals surface area contributed by atoms with Gasteiger partial charge in [-0.3, -0.25) is 4.90 Å². The van der Waals surface area contributed by atoms with Crippen LogP contribution in [0.4, 0.5) is 13.2 Å². The Morgan fingerprint density at radius 3 is 2.47 bits per heavy atom. The van der Waals surface area contributed by atoms with E-state index in [1.165, 1.54) is 11.8 Å². The summed E-state index contributed by atoms with van der Waals surface area (Å²) >= 11 is 1.35. The first kappa shape index (κ1) is 17.1. The molecule has 0 amide bonds. The Hall–Kier alpha value is 0.01000. The molecular formula is C10H19F3N2O2S2. The van der Waals surface area contributed by atoms with E-state index in [1.807, 2.05) is 0 Å². The zero-order chi connectivity index (χ0) is 14.8. The van der Waals surface area contributed by atoms with Crippen molar-refractivity contribution in [1.29, 1.82) is 0 Å². The Kier molecular flexibility index (Phi) is 5.56. The van der Waals surface area contributed by atoms with E-state index in [0.717, 1.165) is 11.2 Å². The lowest BCUT2D eigenvalue weighted by Crippen LogP contribution is -2.62. The normalized spacial score (nSPS) is 26.1. The van der Waals surface area contributed by atoms with Crippen molar-refractivity contribution >= 4 is 21.6 Å². The second-order valence-corrected chi connectivity index (χ2v) is 8.01. The summed E-state index contributed by atoms with van der Waals surface area (Å²) in [5.74, 6) is 0.636. The molecule has 19 heavy (non-hydrogen) atoms. The molecule has 0 spiro atoms. The van der Waals surface area contributed by atoms with E-state index >= 15 is 0 Å². The Bertz CT molecular complexity index is 400. The van der Waals surface area contributed by atoms with Gasteiger partial charge in [-0.25, -0.2) is 8.42 Å². The highest BCUT2D eigenvalue weighted by Crippen LogP contribution is 2.33. The molecule has 0 radical (unpaired) electrons. The van der Waals surface area contributed by atoms with E-state index in [4.69, 9.17) is 5.73 Å². The molecule has 0 aromatic carbocycles. The highest BCUT2D eigenvalue weighted by atomic mass is 32.2. The van der Waals surface area contributed by atoms with Crippen LogP contribution in [0.1, 0.15) is 13.3 Å². The Morgan fingerprint density at radius 1 is 1.47 bits per heavy atom. The predicted octanol–water partition coefficient (Wildman–Crippen LogP) is 1.07. The fourth-order valence-corrected chi connectivity index (χ4v) is 5.09. The number of hydrogen-bond acceptors (Lipinski definition) is 5. The zero-order valence-electron chi connectivity index (χ0n) is 10.9.